The van der Waals surface area contributed by atoms with Crippen molar-refractivity contribution in [3.8, 4) is 0 Å². The molecule has 0 aliphatic rings. The highest BCUT2D eigenvalue weighted by atomic mass is 79.9. The molecule has 0 radical (unpaired) electrons. The van der Waals surface area contributed by atoms with Gasteiger partial charge in [-0.25, -0.2) is 0 Å². The number of carbonyl (C=O) groups is 2. The lowest BCUT2D eigenvalue weighted by molar-refractivity contribution is -0.145. The average molecular weight is 356 g/mol. The maximum absolute atomic E-state index is 12.1. The highest BCUT2D eigenvalue weighted by molar-refractivity contribution is 9.10. The SMILES string of the molecule is COCCN(CC(=O)OC)C(=O)C=Cc1ccccc1Br. The second kappa shape index (κ2) is 9.31. The molecule has 0 atom stereocenters. The van der Waals surface area contributed by atoms with E-state index in [4.69, 9.17) is 4.74 Å². The third-order valence-corrected chi connectivity index (χ3v) is 3.46. The Kier molecular flexibility index (Phi) is 7.71. The van der Waals surface area contributed by atoms with Crippen LogP contribution in [0.3, 0.4) is 0 Å². The molecule has 0 aliphatic heterocycles. The van der Waals surface area contributed by atoms with Crippen LogP contribution in [-0.4, -0.2) is 50.7 Å². The molecule has 5 nitrogen and oxygen atoms in total. The lowest BCUT2D eigenvalue weighted by atomic mass is 10.2. The quantitative estimate of drug-likeness (QED) is 0.555. The molecule has 1 aromatic carbocycles. The van der Waals surface area contributed by atoms with Crippen molar-refractivity contribution in [3.63, 3.8) is 0 Å². The summed E-state index contributed by atoms with van der Waals surface area (Å²) < 4.78 is 10.4. The Bertz CT molecular complexity index is 516. The van der Waals surface area contributed by atoms with Gasteiger partial charge in [0.25, 0.3) is 0 Å². The van der Waals surface area contributed by atoms with Crippen molar-refractivity contribution in [2.45, 2.75) is 0 Å². The summed E-state index contributed by atoms with van der Waals surface area (Å²) in [5, 5.41) is 0. The Labute approximate surface area is 132 Å². The van der Waals surface area contributed by atoms with E-state index in [0.29, 0.717) is 13.2 Å². The normalized spacial score (nSPS) is 10.6. The summed E-state index contributed by atoms with van der Waals surface area (Å²) in [5.74, 6) is -0.734. The first-order valence-corrected chi connectivity index (χ1v) is 7.15. The van der Waals surface area contributed by atoms with Gasteiger partial charge in [-0.05, 0) is 17.7 Å². The zero-order valence-electron chi connectivity index (χ0n) is 12.0. The Morgan fingerprint density at radius 2 is 2.00 bits per heavy atom. The number of halogens is 1. The van der Waals surface area contributed by atoms with Crippen molar-refractivity contribution in [2.24, 2.45) is 0 Å². The predicted octanol–water partition coefficient (Wildman–Crippen LogP) is 2.11. The smallest absolute Gasteiger partial charge is 0.325 e. The molecule has 0 aliphatic carbocycles. The van der Waals surface area contributed by atoms with Crippen LogP contribution in [0.1, 0.15) is 5.56 Å². The maximum Gasteiger partial charge on any atom is 0.325 e. The fourth-order valence-electron chi connectivity index (χ4n) is 1.57. The van der Waals surface area contributed by atoms with Crippen LogP contribution >= 0.6 is 15.9 Å². The van der Waals surface area contributed by atoms with Crippen LogP contribution in [0.25, 0.3) is 6.08 Å². The monoisotopic (exact) mass is 355 g/mol. The van der Waals surface area contributed by atoms with E-state index >= 15 is 0 Å². The number of methoxy groups -OCH3 is 2. The molecule has 0 unspecified atom stereocenters. The lowest BCUT2D eigenvalue weighted by Gasteiger charge is -2.19. The summed E-state index contributed by atoms with van der Waals surface area (Å²) in [6, 6.07) is 7.55. The minimum Gasteiger partial charge on any atom is -0.468 e. The predicted molar refractivity (Wildman–Crippen MR) is 83.6 cm³/mol. The highest BCUT2D eigenvalue weighted by Gasteiger charge is 2.15. The van der Waals surface area contributed by atoms with Crippen LogP contribution in [0.15, 0.2) is 34.8 Å². The molecule has 0 heterocycles. The number of hydrogen-bond donors (Lipinski definition) is 0. The summed E-state index contributed by atoms with van der Waals surface area (Å²) in [7, 11) is 2.83. The van der Waals surface area contributed by atoms with Crippen molar-refractivity contribution >= 4 is 33.9 Å². The van der Waals surface area contributed by atoms with Gasteiger partial charge in [-0.2, -0.15) is 0 Å². The summed E-state index contributed by atoms with van der Waals surface area (Å²) in [6.07, 6.45) is 3.13. The van der Waals surface area contributed by atoms with Crippen molar-refractivity contribution in [1.29, 1.82) is 0 Å². The zero-order chi connectivity index (χ0) is 15.7. The van der Waals surface area contributed by atoms with Gasteiger partial charge in [0, 0.05) is 24.2 Å². The van der Waals surface area contributed by atoms with Crippen molar-refractivity contribution < 1.29 is 19.1 Å². The number of rotatable bonds is 7. The van der Waals surface area contributed by atoms with Crippen LogP contribution in [0.2, 0.25) is 0 Å². The molecular formula is C15H18BrNO4. The first-order chi connectivity index (χ1) is 10.1. The van der Waals surface area contributed by atoms with E-state index in [9.17, 15) is 9.59 Å². The average Bonchev–Trinajstić information content (AvgIpc) is 2.50. The number of carbonyl (C=O) groups excluding carboxylic acids is 2. The van der Waals surface area contributed by atoms with E-state index < -0.39 is 5.97 Å². The number of amides is 1. The van der Waals surface area contributed by atoms with Gasteiger partial charge < -0.3 is 14.4 Å². The third-order valence-electron chi connectivity index (χ3n) is 2.74. The maximum atomic E-state index is 12.1. The van der Waals surface area contributed by atoms with E-state index in [1.807, 2.05) is 24.3 Å². The third kappa shape index (κ3) is 6.10. The Balaban J connectivity index is 2.75. The molecule has 0 saturated heterocycles. The second-order valence-electron chi connectivity index (χ2n) is 4.18. The van der Waals surface area contributed by atoms with Gasteiger partial charge in [0.15, 0.2) is 0 Å². The molecule has 1 aromatic rings. The highest BCUT2D eigenvalue weighted by Crippen LogP contribution is 2.17. The van der Waals surface area contributed by atoms with Gasteiger partial charge in [0.2, 0.25) is 5.91 Å². The van der Waals surface area contributed by atoms with Gasteiger partial charge in [0.1, 0.15) is 6.54 Å². The molecule has 0 fully saturated rings. The molecular weight excluding hydrogens is 338 g/mol. The van der Waals surface area contributed by atoms with E-state index in [2.05, 4.69) is 20.7 Å². The largest absolute Gasteiger partial charge is 0.468 e. The molecule has 0 spiro atoms. The fourth-order valence-corrected chi connectivity index (χ4v) is 1.98. The first-order valence-electron chi connectivity index (χ1n) is 6.35. The first kappa shape index (κ1) is 17.4. The second-order valence-corrected chi connectivity index (χ2v) is 5.04. The zero-order valence-corrected chi connectivity index (χ0v) is 13.6. The number of hydrogen-bond acceptors (Lipinski definition) is 4. The van der Waals surface area contributed by atoms with Gasteiger partial charge in [0.05, 0.1) is 13.7 Å². The van der Waals surface area contributed by atoms with E-state index in [-0.39, 0.29) is 12.5 Å². The molecule has 114 valence electrons. The Hall–Kier alpha value is -1.66. The van der Waals surface area contributed by atoms with Crippen LogP contribution in [0.5, 0.6) is 0 Å². The van der Waals surface area contributed by atoms with Crippen molar-refractivity contribution in [3.05, 3.63) is 40.4 Å². The van der Waals surface area contributed by atoms with Gasteiger partial charge >= 0.3 is 5.97 Å². The van der Waals surface area contributed by atoms with Crippen LogP contribution in [0.4, 0.5) is 0 Å². The Morgan fingerprint density at radius 1 is 1.29 bits per heavy atom. The number of benzene rings is 1. The van der Waals surface area contributed by atoms with E-state index in [1.54, 1.807) is 6.08 Å². The molecule has 21 heavy (non-hydrogen) atoms. The summed E-state index contributed by atoms with van der Waals surface area (Å²) in [4.78, 5) is 24.9. The standard InChI is InChI=1S/C15H18BrNO4/c1-20-10-9-17(11-15(19)21-2)14(18)8-7-12-5-3-4-6-13(12)16/h3-8H,9-11H2,1-2H3. The van der Waals surface area contributed by atoms with Crippen LogP contribution < -0.4 is 0 Å². The molecule has 0 bridgehead atoms. The molecule has 0 saturated carbocycles. The number of nitrogens with zero attached hydrogens (tertiary/aromatic N) is 1. The molecule has 0 aromatic heterocycles. The lowest BCUT2D eigenvalue weighted by Crippen LogP contribution is -2.37. The molecule has 0 N–H and O–H groups in total. The summed E-state index contributed by atoms with van der Waals surface area (Å²) in [6.45, 7) is 0.579. The van der Waals surface area contributed by atoms with E-state index in [0.717, 1.165) is 10.0 Å². The van der Waals surface area contributed by atoms with Gasteiger partial charge in [-0.15, -0.1) is 0 Å². The number of esters is 1. The number of ether oxygens (including phenoxy) is 2. The minimum absolute atomic E-state index is 0.0982. The molecule has 6 heteroatoms. The minimum atomic E-state index is -0.464. The van der Waals surface area contributed by atoms with Crippen molar-refractivity contribution in [2.75, 3.05) is 33.9 Å². The van der Waals surface area contributed by atoms with E-state index in [1.165, 1.54) is 25.2 Å². The molecule has 1 rings (SSSR count). The fraction of sp³-hybridized carbons (Fsp3) is 0.333. The topological polar surface area (TPSA) is 55.8 Å². The Morgan fingerprint density at radius 3 is 2.62 bits per heavy atom. The summed E-state index contributed by atoms with van der Waals surface area (Å²) >= 11 is 3.41. The van der Waals surface area contributed by atoms with Gasteiger partial charge in [-0.1, -0.05) is 34.1 Å². The van der Waals surface area contributed by atoms with Crippen molar-refractivity contribution in [1.82, 2.24) is 4.90 Å². The molecule has 1 amide bonds. The van der Waals surface area contributed by atoms with Gasteiger partial charge in [-0.3, -0.25) is 9.59 Å². The summed E-state index contributed by atoms with van der Waals surface area (Å²) in [5.41, 5.74) is 0.885. The van der Waals surface area contributed by atoms with Crippen LogP contribution in [0, 0.1) is 0 Å². The van der Waals surface area contributed by atoms with Crippen LogP contribution in [-0.2, 0) is 19.1 Å².